The Morgan fingerprint density at radius 3 is 2.38 bits per heavy atom. The van der Waals surface area contributed by atoms with Crippen LogP contribution in [0, 0.1) is 11.2 Å². The molecular formula is C29H33F4NO3. The predicted octanol–water partition coefficient (Wildman–Crippen LogP) is 7.03. The van der Waals surface area contributed by atoms with E-state index in [4.69, 9.17) is 14.5 Å². The van der Waals surface area contributed by atoms with Crippen molar-refractivity contribution >= 4 is 0 Å². The highest BCUT2D eigenvalue weighted by Gasteiger charge is 2.53. The van der Waals surface area contributed by atoms with Crippen molar-refractivity contribution in [3.63, 3.8) is 0 Å². The van der Waals surface area contributed by atoms with Gasteiger partial charge in [0.25, 0.3) is 0 Å². The lowest BCUT2D eigenvalue weighted by molar-refractivity contribution is -0.140. The molecular weight excluding hydrogens is 486 g/mol. The molecule has 6 rings (SSSR count). The van der Waals surface area contributed by atoms with E-state index >= 15 is 0 Å². The standard InChI is InChI=1S/C29H33F4NO3/c1-16(2)25-23-24(22-20(34-25)14-27(15-21(22)35)7-3-4-8-27)28(9-11-36-12-10-28)37-26(23)17-5-6-18(19(30)13-17)29(31,32)33/h5-6,13,16,21,26,35H,3-4,7-12,14-15H2,1-2H3/t21-,26+/m0/s1. The van der Waals surface area contributed by atoms with Crippen molar-refractivity contribution < 1.29 is 32.1 Å². The molecule has 2 fully saturated rings. The number of aliphatic hydroxyl groups excluding tert-OH is 1. The molecule has 0 bridgehead atoms. The summed E-state index contributed by atoms with van der Waals surface area (Å²) in [5, 5.41) is 11.6. The average Bonchev–Trinajstić information content (AvgIpc) is 3.40. The predicted molar refractivity (Wildman–Crippen MR) is 129 cm³/mol. The van der Waals surface area contributed by atoms with Gasteiger partial charge in [-0.25, -0.2) is 4.39 Å². The lowest BCUT2D eigenvalue weighted by atomic mass is 9.67. The Morgan fingerprint density at radius 1 is 1.05 bits per heavy atom. The van der Waals surface area contributed by atoms with Crippen molar-refractivity contribution in [3.05, 3.63) is 63.2 Å². The van der Waals surface area contributed by atoms with Gasteiger partial charge in [0, 0.05) is 48.6 Å². The minimum absolute atomic E-state index is 0.0121. The van der Waals surface area contributed by atoms with E-state index in [1.807, 2.05) is 13.8 Å². The van der Waals surface area contributed by atoms with Crippen LogP contribution in [-0.2, 0) is 27.7 Å². The second-order valence-corrected chi connectivity index (χ2v) is 11.7. The molecule has 4 aliphatic rings. The maximum atomic E-state index is 14.7. The number of rotatable bonds is 2. The number of benzene rings is 1. The molecule has 8 heteroatoms. The van der Waals surface area contributed by atoms with E-state index in [-0.39, 0.29) is 11.3 Å². The molecule has 3 heterocycles. The summed E-state index contributed by atoms with van der Waals surface area (Å²) in [6.45, 7) is 5.03. The average molecular weight is 520 g/mol. The van der Waals surface area contributed by atoms with Crippen LogP contribution in [0.2, 0.25) is 0 Å². The highest BCUT2D eigenvalue weighted by Crippen LogP contribution is 2.59. The second kappa shape index (κ2) is 8.75. The number of nitrogens with zero attached hydrogens (tertiary/aromatic N) is 1. The molecule has 37 heavy (non-hydrogen) atoms. The quantitative estimate of drug-likeness (QED) is 0.433. The van der Waals surface area contributed by atoms with E-state index in [0.717, 1.165) is 72.3 Å². The van der Waals surface area contributed by atoms with Crippen LogP contribution in [0.3, 0.4) is 0 Å². The van der Waals surface area contributed by atoms with Crippen molar-refractivity contribution in [1.29, 1.82) is 0 Å². The van der Waals surface area contributed by atoms with Gasteiger partial charge in [-0.3, -0.25) is 4.98 Å². The third kappa shape index (κ3) is 4.02. The van der Waals surface area contributed by atoms with Gasteiger partial charge in [-0.05, 0) is 60.3 Å². The summed E-state index contributed by atoms with van der Waals surface area (Å²) in [5.74, 6) is -1.30. The van der Waals surface area contributed by atoms with Crippen LogP contribution < -0.4 is 0 Å². The number of alkyl halides is 3. The van der Waals surface area contributed by atoms with Crippen LogP contribution in [0.4, 0.5) is 17.6 Å². The maximum Gasteiger partial charge on any atom is 0.419 e. The monoisotopic (exact) mass is 519 g/mol. The zero-order valence-corrected chi connectivity index (χ0v) is 21.3. The van der Waals surface area contributed by atoms with Crippen molar-refractivity contribution in [1.82, 2.24) is 4.98 Å². The van der Waals surface area contributed by atoms with Gasteiger partial charge in [0.05, 0.1) is 17.3 Å². The third-order valence-electron chi connectivity index (χ3n) is 9.06. The number of halogens is 4. The maximum absolute atomic E-state index is 14.7. The molecule has 2 aliphatic heterocycles. The third-order valence-corrected chi connectivity index (χ3v) is 9.06. The Hall–Kier alpha value is -2.03. The number of pyridine rings is 1. The fourth-order valence-electron chi connectivity index (χ4n) is 7.39. The van der Waals surface area contributed by atoms with Crippen LogP contribution in [0.25, 0.3) is 0 Å². The van der Waals surface area contributed by atoms with E-state index < -0.39 is 35.4 Å². The van der Waals surface area contributed by atoms with Crippen LogP contribution in [-0.4, -0.2) is 23.3 Å². The first-order valence-electron chi connectivity index (χ1n) is 13.4. The van der Waals surface area contributed by atoms with Crippen LogP contribution in [0.1, 0.15) is 116 Å². The van der Waals surface area contributed by atoms with Crippen molar-refractivity contribution in [3.8, 4) is 0 Å². The first-order valence-corrected chi connectivity index (χ1v) is 13.4. The van der Waals surface area contributed by atoms with Gasteiger partial charge in [-0.1, -0.05) is 32.8 Å². The van der Waals surface area contributed by atoms with Crippen molar-refractivity contribution in [2.24, 2.45) is 5.41 Å². The van der Waals surface area contributed by atoms with Gasteiger partial charge in [-0.2, -0.15) is 13.2 Å². The molecule has 1 saturated carbocycles. The van der Waals surface area contributed by atoms with Crippen molar-refractivity contribution in [2.45, 2.75) is 95.1 Å². The van der Waals surface area contributed by atoms with E-state index in [1.54, 1.807) is 0 Å². The van der Waals surface area contributed by atoms with E-state index in [9.17, 15) is 22.7 Å². The summed E-state index contributed by atoms with van der Waals surface area (Å²) in [6, 6.07) is 3.05. The Bertz CT molecular complexity index is 1210. The molecule has 2 aliphatic carbocycles. The lowest BCUT2D eigenvalue weighted by Gasteiger charge is -2.41. The Morgan fingerprint density at radius 2 is 1.76 bits per heavy atom. The molecule has 0 amide bonds. The highest BCUT2D eigenvalue weighted by molar-refractivity contribution is 5.54. The second-order valence-electron chi connectivity index (χ2n) is 11.7. The van der Waals surface area contributed by atoms with Gasteiger partial charge in [0.15, 0.2) is 0 Å². The van der Waals surface area contributed by atoms with Gasteiger partial charge in [0.2, 0.25) is 0 Å². The molecule has 1 N–H and O–H groups in total. The first-order chi connectivity index (χ1) is 17.5. The Balaban J connectivity index is 1.56. The van der Waals surface area contributed by atoms with Crippen LogP contribution in [0.5, 0.6) is 0 Å². The van der Waals surface area contributed by atoms with E-state index in [0.29, 0.717) is 38.0 Å². The fourth-order valence-corrected chi connectivity index (χ4v) is 7.39. The SMILES string of the molecule is CC(C)c1nc2c(c3c1[C@@H](c1ccc(C(F)(F)F)c(F)c1)OC31CCOCC1)[C@@H](O)CC1(CCCC1)C2. The zero-order chi connectivity index (χ0) is 26.2. The van der Waals surface area contributed by atoms with Crippen LogP contribution in [0.15, 0.2) is 18.2 Å². The van der Waals surface area contributed by atoms with Gasteiger partial charge in [-0.15, -0.1) is 0 Å². The Kier molecular flexibility index (Phi) is 5.97. The molecule has 1 saturated heterocycles. The summed E-state index contributed by atoms with van der Waals surface area (Å²) in [6.07, 6.45) is 0.890. The minimum atomic E-state index is -4.77. The van der Waals surface area contributed by atoms with E-state index in [2.05, 4.69) is 0 Å². The van der Waals surface area contributed by atoms with Gasteiger partial charge >= 0.3 is 6.18 Å². The fraction of sp³-hybridized carbons (Fsp3) is 0.621. The summed E-state index contributed by atoms with van der Waals surface area (Å²) >= 11 is 0. The van der Waals surface area contributed by atoms with Crippen LogP contribution >= 0.6 is 0 Å². The normalized spacial score (nSPS) is 26.2. The summed E-state index contributed by atoms with van der Waals surface area (Å²) in [7, 11) is 0. The van der Waals surface area contributed by atoms with Crippen molar-refractivity contribution in [2.75, 3.05) is 13.2 Å². The number of aromatic nitrogens is 1. The number of hydrogen-bond acceptors (Lipinski definition) is 4. The first kappa shape index (κ1) is 25.3. The molecule has 1 aromatic heterocycles. The lowest BCUT2D eigenvalue weighted by Crippen LogP contribution is -2.37. The van der Waals surface area contributed by atoms with E-state index in [1.165, 1.54) is 6.07 Å². The van der Waals surface area contributed by atoms with Gasteiger partial charge < -0.3 is 14.6 Å². The summed E-state index contributed by atoms with van der Waals surface area (Å²) in [5.41, 5.74) is 2.65. The smallest absolute Gasteiger partial charge is 0.388 e. The zero-order valence-electron chi connectivity index (χ0n) is 21.3. The summed E-state index contributed by atoms with van der Waals surface area (Å²) in [4.78, 5) is 5.14. The number of ether oxygens (including phenoxy) is 2. The summed E-state index contributed by atoms with van der Waals surface area (Å²) < 4.78 is 67.0. The minimum Gasteiger partial charge on any atom is -0.388 e. The molecule has 0 unspecified atom stereocenters. The number of fused-ring (bicyclic) bond motifs is 4. The highest BCUT2D eigenvalue weighted by atomic mass is 19.4. The number of hydrogen-bond donors (Lipinski definition) is 1. The molecule has 0 radical (unpaired) electrons. The molecule has 200 valence electrons. The number of aliphatic hydroxyl groups is 1. The molecule has 2 spiro atoms. The Labute approximate surface area is 214 Å². The molecule has 2 atom stereocenters. The topological polar surface area (TPSA) is 51.6 Å². The molecule has 1 aromatic carbocycles. The molecule has 4 nitrogen and oxygen atoms in total. The van der Waals surface area contributed by atoms with Gasteiger partial charge in [0.1, 0.15) is 11.9 Å². The molecule has 2 aromatic rings. The largest absolute Gasteiger partial charge is 0.419 e.